The lowest BCUT2D eigenvalue weighted by Gasteiger charge is -2.15. The molecule has 29 heavy (non-hydrogen) atoms. The predicted molar refractivity (Wildman–Crippen MR) is 87.2 cm³/mol. The maximum absolute atomic E-state index is 12.9. The lowest BCUT2D eigenvalue weighted by Crippen LogP contribution is -2.17. The summed E-state index contributed by atoms with van der Waals surface area (Å²) < 4.78 is 114. The van der Waals surface area contributed by atoms with E-state index in [0.29, 0.717) is 0 Å². The third-order valence-corrected chi connectivity index (χ3v) is 4.42. The van der Waals surface area contributed by atoms with Gasteiger partial charge in [-0.15, -0.1) is 0 Å². The van der Waals surface area contributed by atoms with Crippen molar-refractivity contribution in [2.24, 2.45) is 0 Å². The molecule has 0 heterocycles. The van der Waals surface area contributed by atoms with E-state index < -0.39 is 55.7 Å². The summed E-state index contributed by atoms with van der Waals surface area (Å²) >= 11 is 0. The van der Waals surface area contributed by atoms with Gasteiger partial charge in [-0.2, -0.15) is 34.8 Å². The number of benzene rings is 2. The molecular formula is C16H11F6NO5S. The third kappa shape index (κ3) is 5.38. The van der Waals surface area contributed by atoms with Crippen molar-refractivity contribution in [1.29, 1.82) is 0 Å². The van der Waals surface area contributed by atoms with Gasteiger partial charge in [-0.1, -0.05) is 0 Å². The zero-order valence-electron chi connectivity index (χ0n) is 14.2. The van der Waals surface area contributed by atoms with Crippen LogP contribution in [0.15, 0.2) is 41.3 Å². The second kappa shape index (κ2) is 7.55. The van der Waals surface area contributed by atoms with Gasteiger partial charge < -0.3 is 10.1 Å². The van der Waals surface area contributed by atoms with E-state index in [9.17, 15) is 39.6 Å². The molecule has 0 aliphatic rings. The number of carbonyl (C=O) groups excluding carboxylic acids is 1. The van der Waals surface area contributed by atoms with E-state index in [4.69, 9.17) is 9.29 Å². The Hall–Kier alpha value is -2.80. The first kappa shape index (κ1) is 22.5. The van der Waals surface area contributed by atoms with E-state index >= 15 is 0 Å². The van der Waals surface area contributed by atoms with Gasteiger partial charge in [0.05, 0.1) is 28.8 Å². The second-order valence-corrected chi connectivity index (χ2v) is 7.01. The molecule has 0 unspecified atom stereocenters. The van der Waals surface area contributed by atoms with E-state index in [1.165, 1.54) is 0 Å². The Morgan fingerprint density at radius 1 is 0.966 bits per heavy atom. The van der Waals surface area contributed by atoms with Gasteiger partial charge in [0.25, 0.3) is 16.0 Å². The summed E-state index contributed by atoms with van der Waals surface area (Å²) in [6.07, 6.45) is -10.3. The monoisotopic (exact) mass is 443 g/mol. The highest BCUT2D eigenvalue weighted by molar-refractivity contribution is 7.85. The molecule has 0 saturated carbocycles. The van der Waals surface area contributed by atoms with Gasteiger partial charge in [-0.25, -0.2) is 0 Å². The largest absolute Gasteiger partial charge is 0.495 e. The standard InChI is InChI=1S/C16H11F6NO5S/c1-28-13-3-2-11(29(25,26)27)7-12(13)23-14(24)8-4-9(15(17,18)19)6-10(5-8)16(20,21)22/h2-7H,1H3,(H,23,24)(H,25,26,27). The molecule has 2 aromatic rings. The van der Waals surface area contributed by atoms with Crippen molar-refractivity contribution in [2.45, 2.75) is 17.2 Å². The number of ether oxygens (including phenoxy) is 1. The molecule has 0 atom stereocenters. The first-order valence-corrected chi connectivity index (χ1v) is 8.83. The molecule has 0 saturated heterocycles. The van der Waals surface area contributed by atoms with Crippen LogP contribution in [0.25, 0.3) is 0 Å². The zero-order valence-corrected chi connectivity index (χ0v) is 15.0. The van der Waals surface area contributed by atoms with Crippen LogP contribution in [0.3, 0.4) is 0 Å². The van der Waals surface area contributed by atoms with Crippen LogP contribution in [-0.4, -0.2) is 26.0 Å². The van der Waals surface area contributed by atoms with Gasteiger partial charge in [0, 0.05) is 5.56 Å². The number of hydrogen-bond donors (Lipinski definition) is 2. The molecule has 2 N–H and O–H groups in total. The van der Waals surface area contributed by atoms with Gasteiger partial charge in [-0.05, 0) is 36.4 Å². The van der Waals surface area contributed by atoms with Crippen LogP contribution in [0.5, 0.6) is 5.75 Å². The number of halogens is 6. The van der Waals surface area contributed by atoms with Crippen molar-refractivity contribution >= 4 is 21.7 Å². The average Bonchev–Trinajstić information content (AvgIpc) is 2.59. The molecule has 13 heteroatoms. The van der Waals surface area contributed by atoms with E-state index in [1.54, 1.807) is 0 Å². The van der Waals surface area contributed by atoms with Crippen molar-refractivity contribution in [1.82, 2.24) is 0 Å². The minimum Gasteiger partial charge on any atom is -0.495 e. The topological polar surface area (TPSA) is 92.7 Å². The Labute approximate surface area is 159 Å². The SMILES string of the molecule is COc1ccc(S(=O)(=O)O)cc1NC(=O)c1cc(C(F)(F)F)cc(C(F)(F)F)c1. The molecule has 6 nitrogen and oxygen atoms in total. The highest BCUT2D eigenvalue weighted by Crippen LogP contribution is 2.37. The van der Waals surface area contributed by atoms with E-state index in [-0.39, 0.29) is 23.9 Å². The molecule has 0 aliphatic heterocycles. The maximum Gasteiger partial charge on any atom is 0.416 e. The van der Waals surface area contributed by atoms with Crippen molar-refractivity contribution in [2.75, 3.05) is 12.4 Å². The van der Waals surface area contributed by atoms with Gasteiger partial charge >= 0.3 is 12.4 Å². The average molecular weight is 443 g/mol. The van der Waals surface area contributed by atoms with Gasteiger partial charge in [0.2, 0.25) is 0 Å². The van der Waals surface area contributed by atoms with Crippen LogP contribution in [0, 0.1) is 0 Å². The normalized spacial score (nSPS) is 12.6. The third-order valence-electron chi connectivity index (χ3n) is 3.57. The maximum atomic E-state index is 12.9. The lowest BCUT2D eigenvalue weighted by molar-refractivity contribution is -0.143. The molecule has 2 aromatic carbocycles. The number of methoxy groups -OCH3 is 1. The molecule has 0 bridgehead atoms. The lowest BCUT2D eigenvalue weighted by atomic mass is 10.0. The van der Waals surface area contributed by atoms with E-state index in [2.05, 4.69) is 0 Å². The predicted octanol–water partition coefficient (Wildman–Crippen LogP) is 4.23. The summed E-state index contributed by atoms with van der Waals surface area (Å²) in [5.74, 6) is -1.55. The Balaban J connectivity index is 2.53. The minimum absolute atomic E-state index is 0.143. The summed E-state index contributed by atoms with van der Waals surface area (Å²) in [4.78, 5) is 11.6. The Morgan fingerprint density at radius 3 is 1.90 bits per heavy atom. The van der Waals surface area contributed by atoms with E-state index in [0.717, 1.165) is 25.3 Å². The summed E-state index contributed by atoms with van der Waals surface area (Å²) in [5.41, 5.74) is -4.78. The zero-order chi connectivity index (χ0) is 22.2. The van der Waals surface area contributed by atoms with Gasteiger partial charge in [0.15, 0.2) is 0 Å². The van der Waals surface area contributed by atoms with Crippen molar-refractivity contribution in [3.63, 3.8) is 0 Å². The number of nitrogens with one attached hydrogen (secondary N) is 1. The number of carbonyl (C=O) groups is 1. The summed E-state index contributed by atoms with van der Waals surface area (Å²) in [5, 5.41) is 1.97. The molecule has 0 aliphatic carbocycles. The fraction of sp³-hybridized carbons (Fsp3) is 0.188. The number of rotatable bonds is 4. The fourth-order valence-electron chi connectivity index (χ4n) is 2.23. The van der Waals surface area contributed by atoms with Crippen LogP contribution in [-0.2, 0) is 22.5 Å². The Kier molecular flexibility index (Phi) is 5.86. The highest BCUT2D eigenvalue weighted by Gasteiger charge is 2.37. The Morgan fingerprint density at radius 2 is 1.48 bits per heavy atom. The molecule has 0 aromatic heterocycles. The van der Waals surface area contributed by atoms with Crippen LogP contribution in [0.1, 0.15) is 21.5 Å². The van der Waals surface area contributed by atoms with Gasteiger partial charge in [0.1, 0.15) is 5.75 Å². The first-order valence-electron chi connectivity index (χ1n) is 7.39. The number of amides is 1. The molecule has 0 fully saturated rings. The number of anilines is 1. The minimum atomic E-state index is -5.15. The molecular weight excluding hydrogens is 432 g/mol. The number of hydrogen-bond acceptors (Lipinski definition) is 4. The van der Waals surface area contributed by atoms with E-state index in [1.807, 2.05) is 5.32 Å². The smallest absolute Gasteiger partial charge is 0.416 e. The fourth-order valence-corrected chi connectivity index (χ4v) is 2.73. The van der Waals surface area contributed by atoms with Crippen molar-refractivity contribution in [3.8, 4) is 5.75 Å². The Bertz CT molecular complexity index is 1010. The van der Waals surface area contributed by atoms with Gasteiger partial charge in [-0.3, -0.25) is 9.35 Å². The van der Waals surface area contributed by atoms with Crippen LogP contribution in [0.2, 0.25) is 0 Å². The molecule has 1 amide bonds. The second-order valence-electron chi connectivity index (χ2n) is 5.59. The van der Waals surface area contributed by atoms with Crippen LogP contribution in [0.4, 0.5) is 32.0 Å². The quantitative estimate of drug-likeness (QED) is 0.545. The summed E-state index contributed by atoms with van der Waals surface area (Å²) in [7, 11) is -3.59. The van der Waals surface area contributed by atoms with Crippen LogP contribution < -0.4 is 10.1 Å². The summed E-state index contributed by atoms with van der Waals surface area (Å²) in [6.45, 7) is 0. The molecule has 0 radical (unpaired) electrons. The van der Waals surface area contributed by atoms with Crippen LogP contribution >= 0.6 is 0 Å². The number of alkyl halides is 6. The van der Waals surface area contributed by atoms with Crippen molar-refractivity contribution < 1.29 is 48.8 Å². The molecule has 2 rings (SSSR count). The van der Waals surface area contributed by atoms with Crippen molar-refractivity contribution in [3.05, 3.63) is 53.1 Å². The molecule has 0 spiro atoms. The highest BCUT2D eigenvalue weighted by atomic mass is 32.2. The first-order chi connectivity index (χ1) is 13.1. The summed E-state index contributed by atoms with van der Waals surface area (Å²) in [6, 6.07) is 2.94. The molecule has 158 valence electrons.